The fourth-order valence-electron chi connectivity index (χ4n) is 4.67. The second-order valence-corrected chi connectivity index (χ2v) is 9.33. The van der Waals surface area contributed by atoms with E-state index in [2.05, 4.69) is 4.98 Å². The first-order valence-corrected chi connectivity index (χ1v) is 10.6. The molecule has 2 heterocycles. The lowest BCUT2D eigenvalue weighted by Gasteiger charge is -2.51. The number of rotatable bonds is 3. The maximum Gasteiger partial charge on any atom is 0.262 e. The van der Waals surface area contributed by atoms with Gasteiger partial charge in [0.25, 0.3) is 10.0 Å². The van der Waals surface area contributed by atoms with E-state index in [9.17, 15) is 13.5 Å². The predicted octanol–water partition coefficient (Wildman–Crippen LogP) is 2.26. The Hall–Kier alpha value is -1.70. The van der Waals surface area contributed by atoms with E-state index in [0.29, 0.717) is 13.0 Å². The van der Waals surface area contributed by atoms with Gasteiger partial charge in [-0.05, 0) is 24.8 Å². The zero-order chi connectivity index (χ0) is 18.4. The molecule has 0 bridgehead atoms. The van der Waals surface area contributed by atoms with Gasteiger partial charge in [0.1, 0.15) is 0 Å². The van der Waals surface area contributed by atoms with Gasteiger partial charge in [0.05, 0.1) is 11.9 Å². The third kappa shape index (κ3) is 2.78. The number of aryl methyl sites for hydroxylation is 1. The van der Waals surface area contributed by atoms with E-state index in [4.69, 9.17) is 0 Å². The largest absolute Gasteiger partial charge is 0.385 e. The summed E-state index contributed by atoms with van der Waals surface area (Å²) < 4.78 is 29.6. The normalized spacial score (nSPS) is 30.1. The third-order valence-corrected chi connectivity index (χ3v) is 7.76. The molecule has 1 aromatic carbocycles. The van der Waals surface area contributed by atoms with Gasteiger partial charge in [0, 0.05) is 31.7 Å². The molecule has 2 aromatic rings. The van der Waals surface area contributed by atoms with E-state index in [-0.39, 0.29) is 17.0 Å². The Morgan fingerprint density at radius 3 is 2.62 bits per heavy atom. The summed E-state index contributed by atoms with van der Waals surface area (Å²) in [6.45, 7) is 0.311. The maximum atomic E-state index is 13.2. The molecule has 3 unspecified atom stereocenters. The van der Waals surface area contributed by atoms with Crippen LogP contribution in [0.4, 0.5) is 0 Å². The Morgan fingerprint density at radius 2 is 1.92 bits per heavy atom. The quantitative estimate of drug-likeness (QED) is 0.893. The van der Waals surface area contributed by atoms with Gasteiger partial charge in [-0.1, -0.05) is 43.2 Å². The van der Waals surface area contributed by atoms with Crippen molar-refractivity contribution in [2.24, 2.45) is 13.0 Å². The standard InChI is InChI=1S/C19H25N3O3S/c1-21-13-18(20-14-21)26(24,25)22-12-11-19(23,15-7-3-2-4-8-15)16-9-5-6-10-17(16)22/h2-4,7-8,13-14,16-17,23H,5-6,9-12H2,1H3. The van der Waals surface area contributed by atoms with E-state index in [1.165, 1.54) is 6.33 Å². The van der Waals surface area contributed by atoms with Gasteiger partial charge in [-0.3, -0.25) is 0 Å². The Kier molecular flexibility index (Phi) is 4.41. The summed E-state index contributed by atoms with van der Waals surface area (Å²) in [5.41, 5.74) is -0.0746. The van der Waals surface area contributed by atoms with E-state index < -0.39 is 15.6 Å². The first-order chi connectivity index (χ1) is 12.4. The van der Waals surface area contributed by atoms with Crippen molar-refractivity contribution in [2.75, 3.05) is 6.54 Å². The molecule has 1 aliphatic heterocycles. The van der Waals surface area contributed by atoms with Gasteiger partial charge in [0.15, 0.2) is 5.03 Å². The van der Waals surface area contributed by atoms with E-state index in [0.717, 1.165) is 31.2 Å². The highest BCUT2D eigenvalue weighted by Crippen LogP contribution is 2.48. The van der Waals surface area contributed by atoms with Crippen LogP contribution in [-0.2, 0) is 22.7 Å². The number of aromatic nitrogens is 2. The van der Waals surface area contributed by atoms with Crippen LogP contribution >= 0.6 is 0 Å². The SMILES string of the molecule is Cn1cnc(S(=O)(=O)N2CCC(O)(c3ccccc3)C3CCCCC32)c1. The topological polar surface area (TPSA) is 75.4 Å². The van der Waals surface area contributed by atoms with Crippen molar-refractivity contribution in [2.45, 2.75) is 48.8 Å². The molecule has 0 spiro atoms. The average molecular weight is 375 g/mol. The zero-order valence-corrected chi connectivity index (χ0v) is 15.8. The molecule has 26 heavy (non-hydrogen) atoms. The van der Waals surface area contributed by atoms with Crippen molar-refractivity contribution in [3.05, 3.63) is 48.4 Å². The Balaban J connectivity index is 1.71. The smallest absolute Gasteiger partial charge is 0.262 e. The molecular formula is C19H25N3O3S. The van der Waals surface area contributed by atoms with Gasteiger partial charge >= 0.3 is 0 Å². The highest BCUT2D eigenvalue weighted by Gasteiger charge is 2.52. The molecule has 6 nitrogen and oxygen atoms in total. The van der Waals surface area contributed by atoms with Gasteiger partial charge in [-0.2, -0.15) is 4.31 Å². The van der Waals surface area contributed by atoms with Crippen LogP contribution in [0.5, 0.6) is 0 Å². The summed E-state index contributed by atoms with van der Waals surface area (Å²) in [4.78, 5) is 4.07. The summed E-state index contributed by atoms with van der Waals surface area (Å²) in [6.07, 6.45) is 7.09. The number of benzene rings is 1. The lowest BCUT2D eigenvalue weighted by atomic mass is 9.67. The zero-order valence-electron chi connectivity index (χ0n) is 15.0. The molecule has 1 aliphatic carbocycles. The number of aliphatic hydroxyl groups is 1. The molecule has 1 aromatic heterocycles. The van der Waals surface area contributed by atoms with Crippen molar-refractivity contribution in [3.8, 4) is 0 Å². The minimum Gasteiger partial charge on any atom is -0.385 e. The van der Waals surface area contributed by atoms with Crippen molar-refractivity contribution < 1.29 is 13.5 Å². The molecule has 2 fully saturated rings. The lowest BCUT2D eigenvalue weighted by molar-refractivity contribution is -0.100. The van der Waals surface area contributed by atoms with Gasteiger partial charge in [0.2, 0.25) is 0 Å². The van der Waals surface area contributed by atoms with Crippen LogP contribution in [0.15, 0.2) is 47.9 Å². The molecule has 4 rings (SSSR count). The summed E-state index contributed by atoms with van der Waals surface area (Å²) in [5.74, 6) is -0.0918. The molecule has 0 amide bonds. The average Bonchev–Trinajstić information content (AvgIpc) is 3.10. The van der Waals surface area contributed by atoms with Crippen molar-refractivity contribution in [1.29, 1.82) is 0 Å². The molecule has 1 saturated carbocycles. The van der Waals surface area contributed by atoms with E-state index in [1.54, 1.807) is 22.1 Å². The third-order valence-electron chi connectivity index (χ3n) is 5.95. The van der Waals surface area contributed by atoms with Crippen LogP contribution in [0.2, 0.25) is 0 Å². The van der Waals surface area contributed by atoms with Crippen molar-refractivity contribution in [1.82, 2.24) is 13.9 Å². The Bertz CT molecular complexity index is 880. The van der Waals surface area contributed by atoms with Crippen LogP contribution in [-0.4, -0.2) is 40.0 Å². The number of piperidine rings is 1. The van der Waals surface area contributed by atoms with Gasteiger partial charge in [-0.25, -0.2) is 13.4 Å². The number of hydrogen-bond donors (Lipinski definition) is 1. The number of sulfonamides is 1. The Labute approximate surface area is 154 Å². The summed E-state index contributed by atoms with van der Waals surface area (Å²) in [7, 11) is -1.89. The number of nitrogens with zero attached hydrogens (tertiary/aromatic N) is 3. The fraction of sp³-hybridized carbons (Fsp3) is 0.526. The molecule has 3 atom stereocenters. The molecule has 0 radical (unpaired) electrons. The molecule has 1 saturated heterocycles. The highest BCUT2D eigenvalue weighted by molar-refractivity contribution is 7.89. The van der Waals surface area contributed by atoms with Crippen LogP contribution in [0.3, 0.4) is 0 Å². The van der Waals surface area contributed by atoms with Crippen molar-refractivity contribution >= 4 is 10.0 Å². The number of hydrogen-bond acceptors (Lipinski definition) is 4. The predicted molar refractivity (Wildman–Crippen MR) is 97.8 cm³/mol. The molecule has 7 heteroatoms. The first-order valence-electron chi connectivity index (χ1n) is 9.20. The van der Waals surface area contributed by atoms with Crippen molar-refractivity contribution in [3.63, 3.8) is 0 Å². The van der Waals surface area contributed by atoms with Gasteiger partial charge < -0.3 is 9.67 Å². The fourth-order valence-corrected chi connectivity index (χ4v) is 6.33. The second kappa shape index (κ2) is 6.48. The highest BCUT2D eigenvalue weighted by atomic mass is 32.2. The van der Waals surface area contributed by atoms with Crippen LogP contribution in [0.1, 0.15) is 37.7 Å². The first kappa shape index (κ1) is 17.7. The summed E-state index contributed by atoms with van der Waals surface area (Å²) >= 11 is 0. The Morgan fingerprint density at radius 1 is 1.19 bits per heavy atom. The van der Waals surface area contributed by atoms with Crippen LogP contribution in [0.25, 0.3) is 0 Å². The monoisotopic (exact) mass is 375 g/mol. The maximum absolute atomic E-state index is 13.2. The molecular weight excluding hydrogens is 350 g/mol. The van der Waals surface area contributed by atoms with E-state index in [1.807, 2.05) is 30.3 Å². The minimum atomic E-state index is -3.65. The number of imidazole rings is 1. The lowest BCUT2D eigenvalue weighted by Crippen LogP contribution is -2.58. The van der Waals surface area contributed by atoms with Crippen LogP contribution < -0.4 is 0 Å². The van der Waals surface area contributed by atoms with E-state index >= 15 is 0 Å². The summed E-state index contributed by atoms with van der Waals surface area (Å²) in [6, 6.07) is 9.52. The molecule has 140 valence electrons. The van der Waals surface area contributed by atoms with Crippen LogP contribution in [0, 0.1) is 5.92 Å². The minimum absolute atomic E-state index is 0.0918. The van der Waals surface area contributed by atoms with Gasteiger partial charge in [-0.15, -0.1) is 0 Å². The number of fused-ring (bicyclic) bond motifs is 1. The summed E-state index contributed by atoms with van der Waals surface area (Å²) in [5, 5.41) is 11.6. The second-order valence-electron chi connectivity index (χ2n) is 7.49. The molecule has 2 aliphatic rings. The molecule has 1 N–H and O–H groups in total.